The minimum Gasteiger partial charge on any atom is -0.383 e. The fourth-order valence-electron chi connectivity index (χ4n) is 4.22. The van der Waals surface area contributed by atoms with Crippen LogP contribution in [0.1, 0.15) is 35.7 Å². The van der Waals surface area contributed by atoms with Crippen LogP contribution < -0.4 is 11.1 Å². The molecule has 1 unspecified atom stereocenters. The highest BCUT2D eigenvalue weighted by molar-refractivity contribution is 6.09. The Labute approximate surface area is 203 Å². The third kappa shape index (κ3) is 4.19. The van der Waals surface area contributed by atoms with Crippen molar-refractivity contribution >= 4 is 23.2 Å². The van der Waals surface area contributed by atoms with E-state index in [-0.39, 0.29) is 45.6 Å². The highest BCUT2D eigenvalue weighted by Gasteiger charge is 2.48. The number of nitrogens with one attached hydrogen (secondary N) is 1. The van der Waals surface area contributed by atoms with Gasteiger partial charge in [0.25, 0.3) is 0 Å². The molecule has 0 aliphatic carbocycles. The van der Waals surface area contributed by atoms with Crippen molar-refractivity contribution in [2.45, 2.75) is 37.5 Å². The van der Waals surface area contributed by atoms with Gasteiger partial charge in [0.15, 0.2) is 11.5 Å². The predicted molar refractivity (Wildman–Crippen MR) is 117 cm³/mol. The topological polar surface area (TPSA) is 124 Å². The number of halogens is 6. The van der Waals surface area contributed by atoms with Gasteiger partial charge in [-0.25, -0.2) is 24.5 Å². The van der Waals surface area contributed by atoms with Crippen LogP contribution in [0.5, 0.6) is 0 Å². The number of carbonyl (C=O) groups excluding carboxylic acids is 1. The first-order chi connectivity index (χ1) is 17.3. The molecule has 1 atom stereocenters. The number of amides is 1. The molecule has 3 N–H and O–H groups in total. The minimum absolute atomic E-state index is 0.00669. The van der Waals surface area contributed by atoms with Crippen molar-refractivity contribution in [2.24, 2.45) is 0 Å². The standard InChI is InChI=1S/C22H16F6N8O/c1-20(10-2-4-11(5-3-10)22(26,27)28)14-15(29)33-16(34-17(14)35-19(20)37)13-8-36-18(30-9-31-36)12(32-13)6-7-21(23,24)25/h2-5,8-9H,6-7H2,1H3,(H3,29,33,34,35,37). The Morgan fingerprint density at radius 2 is 1.76 bits per heavy atom. The van der Waals surface area contributed by atoms with E-state index in [9.17, 15) is 31.1 Å². The number of anilines is 2. The van der Waals surface area contributed by atoms with E-state index in [2.05, 4.69) is 30.4 Å². The second kappa shape index (κ2) is 8.11. The van der Waals surface area contributed by atoms with Gasteiger partial charge in [-0.1, -0.05) is 12.1 Å². The number of carbonyl (C=O) groups is 1. The summed E-state index contributed by atoms with van der Waals surface area (Å²) in [6.45, 7) is 1.48. The van der Waals surface area contributed by atoms with Crippen LogP contribution in [0.15, 0.2) is 36.8 Å². The van der Waals surface area contributed by atoms with Crippen molar-refractivity contribution < 1.29 is 31.1 Å². The van der Waals surface area contributed by atoms with Crippen LogP contribution >= 0.6 is 0 Å². The Balaban J connectivity index is 1.57. The van der Waals surface area contributed by atoms with Gasteiger partial charge in [-0.2, -0.15) is 31.4 Å². The zero-order valence-electron chi connectivity index (χ0n) is 18.8. The molecule has 9 nitrogen and oxygen atoms in total. The van der Waals surface area contributed by atoms with Gasteiger partial charge in [0.05, 0.1) is 23.0 Å². The van der Waals surface area contributed by atoms with Crippen molar-refractivity contribution in [3.63, 3.8) is 0 Å². The molecular weight excluding hydrogens is 506 g/mol. The molecule has 1 aliphatic rings. The van der Waals surface area contributed by atoms with E-state index >= 15 is 0 Å². The average Bonchev–Trinajstić information content (AvgIpc) is 3.39. The summed E-state index contributed by atoms with van der Waals surface area (Å²) in [5.41, 5.74) is 4.37. The Morgan fingerprint density at radius 3 is 2.41 bits per heavy atom. The van der Waals surface area contributed by atoms with Crippen LogP contribution in [0.4, 0.5) is 38.0 Å². The Bertz CT molecular complexity index is 1530. The number of rotatable bonds is 4. The molecule has 15 heteroatoms. The van der Waals surface area contributed by atoms with Crippen molar-refractivity contribution in [1.29, 1.82) is 0 Å². The summed E-state index contributed by atoms with van der Waals surface area (Å²) in [7, 11) is 0. The molecule has 0 bridgehead atoms. The van der Waals surface area contributed by atoms with Crippen molar-refractivity contribution in [3.8, 4) is 11.5 Å². The molecule has 0 saturated carbocycles. The molecule has 4 heterocycles. The molecule has 192 valence electrons. The number of hydrogen-bond acceptors (Lipinski definition) is 7. The number of nitrogens with two attached hydrogens (primary N) is 1. The lowest BCUT2D eigenvalue weighted by Gasteiger charge is -2.24. The van der Waals surface area contributed by atoms with E-state index < -0.39 is 42.1 Å². The number of nitrogen functional groups attached to an aromatic ring is 1. The lowest BCUT2D eigenvalue weighted by atomic mass is 9.77. The summed E-state index contributed by atoms with van der Waals surface area (Å²) in [6, 6.07) is 4.07. The summed E-state index contributed by atoms with van der Waals surface area (Å²) in [5, 5.41) is 6.52. The van der Waals surface area contributed by atoms with Gasteiger partial charge in [0, 0.05) is 12.8 Å². The normalized spacial score (nSPS) is 17.8. The Kier molecular flexibility index (Phi) is 5.35. The first-order valence-electron chi connectivity index (χ1n) is 10.7. The smallest absolute Gasteiger partial charge is 0.383 e. The molecule has 5 rings (SSSR count). The Hall–Kier alpha value is -4.30. The van der Waals surface area contributed by atoms with Gasteiger partial charge < -0.3 is 11.1 Å². The van der Waals surface area contributed by atoms with Gasteiger partial charge in [0.1, 0.15) is 29.1 Å². The molecule has 1 amide bonds. The van der Waals surface area contributed by atoms with Crippen LogP contribution in [0.3, 0.4) is 0 Å². The van der Waals surface area contributed by atoms with Crippen LogP contribution in [-0.4, -0.2) is 41.6 Å². The number of aromatic nitrogens is 6. The highest BCUT2D eigenvalue weighted by atomic mass is 19.4. The summed E-state index contributed by atoms with van der Waals surface area (Å²) >= 11 is 0. The first-order valence-corrected chi connectivity index (χ1v) is 10.7. The summed E-state index contributed by atoms with van der Waals surface area (Å²) < 4.78 is 78.7. The summed E-state index contributed by atoms with van der Waals surface area (Å²) in [5.74, 6) is -0.838. The lowest BCUT2D eigenvalue weighted by Crippen LogP contribution is -2.33. The summed E-state index contributed by atoms with van der Waals surface area (Å²) in [4.78, 5) is 29.7. The molecule has 0 saturated heterocycles. The van der Waals surface area contributed by atoms with E-state index in [0.29, 0.717) is 0 Å². The quantitative estimate of drug-likeness (QED) is 0.389. The number of nitrogens with zero attached hydrogens (tertiary/aromatic N) is 6. The maximum atomic E-state index is 13.0. The SMILES string of the molecule is CC1(c2ccc(C(F)(F)F)cc2)C(=O)Nc2nc(-c3cn4ncnc4c(CCC(F)(F)F)n3)nc(N)c21. The molecule has 1 aromatic carbocycles. The van der Waals surface area contributed by atoms with E-state index in [1.807, 2.05) is 0 Å². The third-order valence-electron chi connectivity index (χ3n) is 6.12. The molecule has 0 spiro atoms. The van der Waals surface area contributed by atoms with Gasteiger partial charge in [-0.15, -0.1) is 0 Å². The highest BCUT2D eigenvalue weighted by Crippen LogP contribution is 2.45. The van der Waals surface area contributed by atoms with Gasteiger partial charge in [-0.05, 0) is 24.6 Å². The van der Waals surface area contributed by atoms with Crippen LogP contribution in [0.25, 0.3) is 17.2 Å². The van der Waals surface area contributed by atoms with Crippen LogP contribution in [0, 0.1) is 0 Å². The van der Waals surface area contributed by atoms with Gasteiger partial charge in [-0.3, -0.25) is 4.79 Å². The lowest BCUT2D eigenvalue weighted by molar-refractivity contribution is -0.137. The minimum atomic E-state index is -4.55. The monoisotopic (exact) mass is 522 g/mol. The van der Waals surface area contributed by atoms with E-state index in [0.717, 1.165) is 18.5 Å². The van der Waals surface area contributed by atoms with Crippen molar-refractivity contribution in [1.82, 2.24) is 29.5 Å². The number of aryl methyl sites for hydroxylation is 1. The molecule has 0 fully saturated rings. The molecular formula is C22H16F6N8O. The van der Waals surface area contributed by atoms with Crippen LogP contribution in [-0.2, 0) is 22.8 Å². The number of fused-ring (bicyclic) bond motifs is 2. The molecule has 4 aromatic rings. The maximum Gasteiger partial charge on any atom is 0.416 e. The Morgan fingerprint density at radius 1 is 1.05 bits per heavy atom. The molecule has 3 aromatic heterocycles. The van der Waals surface area contributed by atoms with Crippen molar-refractivity contribution in [2.75, 3.05) is 11.1 Å². The zero-order valence-corrected chi connectivity index (χ0v) is 18.8. The first kappa shape index (κ1) is 24.4. The summed E-state index contributed by atoms with van der Waals surface area (Å²) in [6.07, 6.45) is -8.07. The van der Waals surface area contributed by atoms with Gasteiger partial charge in [0.2, 0.25) is 5.91 Å². The molecule has 0 radical (unpaired) electrons. The zero-order chi connectivity index (χ0) is 26.8. The fourth-order valence-corrected chi connectivity index (χ4v) is 4.22. The average molecular weight is 522 g/mol. The number of alkyl halides is 6. The molecule has 1 aliphatic heterocycles. The largest absolute Gasteiger partial charge is 0.416 e. The molecule has 37 heavy (non-hydrogen) atoms. The number of hydrogen-bond donors (Lipinski definition) is 2. The van der Waals surface area contributed by atoms with E-state index in [1.165, 1.54) is 29.8 Å². The predicted octanol–water partition coefficient (Wildman–Crippen LogP) is 3.94. The number of benzene rings is 1. The van der Waals surface area contributed by atoms with E-state index in [4.69, 9.17) is 5.73 Å². The van der Waals surface area contributed by atoms with Gasteiger partial charge >= 0.3 is 12.4 Å². The second-order valence-electron chi connectivity index (χ2n) is 8.53. The second-order valence-corrected chi connectivity index (χ2v) is 8.53. The van der Waals surface area contributed by atoms with Crippen molar-refractivity contribution in [3.05, 3.63) is 59.2 Å². The maximum absolute atomic E-state index is 13.0. The van der Waals surface area contributed by atoms with Crippen LogP contribution in [0.2, 0.25) is 0 Å². The fraction of sp³-hybridized carbons (Fsp3) is 0.273. The third-order valence-corrected chi connectivity index (χ3v) is 6.12. The van der Waals surface area contributed by atoms with E-state index in [1.54, 1.807) is 0 Å².